The number of carbonyl (C=O) groups excluding carboxylic acids is 2. The fourth-order valence-corrected chi connectivity index (χ4v) is 4.92. The molecule has 1 heterocycles. The number of ether oxygens (including phenoxy) is 1. The summed E-state index contributed by atoms with van der Waals surface area (Å²) >= 11 is 0. The first-order valence-corrected chi connectivity index (χ1v) is 13.2. The lowest BCUT2D eigenvalue weighted by molar-refractivity contribution is -0.132. The lowest BCUT2D eigenvalue weighted by Gasteiger charge is -2.28. The summed E-state index contributed by atoms with van der Waals surface area (Å²) in [6, 6.07) is 15.4. The van der Waals surface area contributed by atoms with Gasteiger partial charge in [-0.05, 0) is 55.4 Å². The van der Waals surface area contributed by atoms with E-state index in [1.165, 1.54) is 4.90 Å². The van der Waals surface area contributed by atoms with Gasteiger partial charge in [0.05, 0.1) is 7.11 Å². The first kappa shape index (κ1) is 29.5. The van der Waals surface area contributed by atoms with Crippen molar-refractivity contribution in [3.63, 3.8) is 0 Å². The minimum Gasteiger partial charge on any atom is -0.497 e. The molecule has 3 amide bonds. The third-order valence-electron chi connectivity index (χ3n) is 6.76. The molecule has 0 aliphatic carbocycles. The highest BCUT2D eigenvalue weighted by Crippen LogP contribution is 2.38. The topological polar surface area (TPSA) is 146 Å². The second-order valence-corrected chi connectivity index (χ2v) is 10.4. The molecule has 39 heavy (non-hydrogen) atoms. The zero-order chi connectivity index (χ0) is 28.6. The summed E-state index contributed by atoms with van der Waals surface area (Å²) in [6.07, 6.45) is 0.605. The van der Waals surface area contributed by atoms with Crippen LogP contribution in [0, 0.1) is 5.92 Å². The van der Waals surface area contributed by atoms with Crippen LogP contribution in [0.15, 0.2) is 59.6 Å². The van der Waals surface area contributed by atoms with Gasteiger partial charge < -0.3 is 26.2 Å². The van der Waals surface area contributed by atoms with Crippen LogP contribution in [0.5, 0.6) is 5.75 Å². The minimum atomic E-state index is -1.28. The number of hydrogen-bond acceptors (Lipinski definition) is 6. The molecule has 1 aliphatic rings. The molecule has 10 nitrogen and oxygen atoms in total. The number of hydrogen-bond donors (Lipinski definition) is 4. The van der Waals surface area contributed by atoms with E-state index >= 15 is 0 Å². The van der Waals surface area contributed by atoms with E-state index in [1.54, 1.807) is 31.4 Å². The number of nitrogens with one attached hydrogen (secondary N) is 2. The first-order chi connectivity index (χ1) is 18.6. The van der Waals surface area contributed by atoms with Gasteiger partial charge in [0.15, 0.2) is 11.5 Å². The van der Waals surface area contributed by atoms with Crippen molar-refractivity contribution < 1.29 is 24.2 Å². The maximum absolute atomic E-state index is 13.6. The van der Waals surface area contributed by atoms with Crippen molar-refractivity contribution in [1.29, 1.82) is 0 Å². The Morgan fingerprint density at radius 3 is 2.33 bits per heavy atom. The highest BCUT2D eigenvalue weighted by atomic mass is 16.5. The van der Waals surface area contributed by atoms with E-state index in [-0.39, 0.29) is 30.2 Å². The van der Waals surface area contributed by atoms with Crippen molar-refractivity contribution in [1.82, 2.24) is 15.5 Å². The van der Waals surface area contributed by atoms with E-state index in [9.17, 15) is 19.5 Å². The zero-order valence-electron chi connectivity index (χ0n) is 23.0. The number of rotatable bonds is 13. The molecule has 0 saturated carbocycles. The second-order valence-electron chi connectivity index (χ2n) is 10.4. The number of nitrogens with two attached hydrogens (primary N) is 1. The molecule has 5 N–H and O–H groups in total. The van der Waals surface area contributed by atoms with Gasteiger partial charge in [-0.3, -0.25) is 14.5 Å². The number of amides is 3. The van der Waals surface area contributed by atoms with Crippen molar-refractivity contribution >= 4 is 23.9 Å². The van der Waals surface area contributed by atoms with Crippen LogP contribution in [-0.2, 0) is 21.5 Å². The fourth-order valence-electron chi connectivity index (χ4n) is 4.92. The molecule has 3 atom stereocenters. The molecule has 3 rings (SSSR count). The zero-order valence-corrected chi connectivity index (χ0v) is 23.0. The third kappa shape index (κ3) is 7.49. The van der Waals surface area contributed by atoms with E-state index in [0.717, 1.165) is 11.1 Å². The van der Waals surface area contributed by atoms with E-state index in [1.807, 2.05) is 37.3 Å². The Bertz CT molecular complexity index is 1170. The summed E-state index contributed by atoms with van der Waals surface area (Å²) in [5.74, 6) is 0.547. The molecule has 1 aliphatic heterocycles. The predicted octanol–water partition coefficient (Wildman–Crippen LogP) is 3.26. The molecule has 0 radical (unpaired) electrons. The van der Waals surface area contributed by atoms with Crippen LogP contribution < -0.4 is 21.1 Å². The van der Waals surface area contributed by atoms with Gasteiger partial charge in [-0.1, -0.05) is 56.3 Å². The maximum Gasteiger partial charge on any atom is 0.405 e. The van der Waals surface area contributed by atoms with Gasteiger partial charge in [0.2, 0.25) is 5.91 Å². The normalized spacial score (nSPS) is 18.4. The number of carbonyl (C=O) groups is 3. The summed E-state index contributed by atoms with van der Waals surface area (Å²) in [5.41, 5.74) is 6.83. The molecule has 2 aromatic carbocycles. The van der Waals surface area contributed by atoms with Crippen LogP contribution in [0.1, 0.15) is 51.2 Å². The molecule has 2 aromatic rings. The van der Waals surface area contributed by atoms with Crippen LogP contribution in [0.4, 0.5) is 4.79 Å². The van der Waals surface area contributed by atoms with Gasteiger partial charge in [-0.2, -0.15) is 0 Å². The molecular weight excluding hydrogens is 498 g/mol. The van der Waals surface area contributed by atoms with Crippen molar-refractivity contribution in [3.8, 4) is 5.75 Å². The third-order valence-corrected chi connectivity index (χ3v) is 6.76. The summed E-state index contributed by atoms with van der Waals surface area (Å²) in [5, 5.41) is 14.4. The quantitative estimate of drug-likeness (QED) is 0.308. The molecule has 210 valence electrons. The van der Waals surface area contributed by atoms with Gasteiger partial charge in [0.1, 0.15) is 11.8 Å². The molecule has 0 bridgehead atoms. The second kappa shape index (κ2) is 13.1. The van der Waals surface area contributed by atoms with Crippen LogP contribution in [0.2, 0.25) is 0 Å². The Kier molecular flexibility index (Phi) is 9.92. The molecule has 10 heteroatoms. The number of guanidine groups is 1. The van der Waals surface area contributed by atoms with Crippen LogP contribution in [0.3, 0.4) is 0 Å². The average Bonchev–Trinajstić information content (AvgIpc) is 3.13. The summed E-state index contributed by atoms with van der Waals surface area (Å²) in [4.78, 5) is 44.1. The molecule has 0 spiro atoms. The summed E-state index contributed by atoms with van der Waals surface area (Å²) in [7, 11) is 1.56. The monoisotopic (exact) mass is 537 g/mol. The number of nitrogens with zero attached hydrogens (tertiary/aromatic N) is 2. The summed E-state index contributed by atoms with van der Waals surface area (Å²) in [6.45, 7) is 6.32. The minimum absolute atomic E-state index is 0.137. The van der Waals surface area contributed by atoms with Crippen molar-refractivity contribution in [2.75, 3.05) is 13.7 Å². The number of carboxylic acid groups (broad SMARTS) is 1. The number of benzene rings is 2. The van der Waals surface area contributed by atoms with Gasteiger partial charge in [0.25, 0.3) is 5.91 Å². The van der Waals surface area contributed by atoms with Crippen molar-refractivity contribution in [2.45, 2.75) is 64.1 Å². The molecular formula is C29H39N5O5. The maximum atomic E-state index is 13.6. The SMILES string of the molecule is COc1ccc(CC(NC(=O)O)C(=O)NC(C)CCCN2C(=O)C(CC(C)C)(c3ccccc3)N=C2N)cc1. The Morgan fingerprint density at radius 1 is 1.08 bits per heavy atom. The van der Waals surface area contributed by atoms with Gasteiger partial charge in [0, 0.05) is 19.0 Å². The Balaban J connectivity index is 1.59. The smallest absolute Gasteiger partial charge is 0.405 e. The van der Waals surface area contributed by atoms with E-state index in [4.69, 9.17) is 10.5 Å². The largest absolute Gasteiger partial charge is 0.497 e. The lowest BCUT2D eigenvalue weighted by atomic mass is 9.82. The Morgan fingerprint density at radius 2 is 1.74 bits per heavy atom. The van der Waals surface area contributed by atoms with E-state index in [2.05, 4.69) is 29.5 Å². The van der Waals surface area contributed by atoms with Gasteiger partial charge in [-0.25, -0.2) is 9.79 Å². The van der Waals surface area contributed by atoms with Gasteiger partial charge >= 0.3 is 6.09 Å². The predicted molar refractivity (Wildman–Crippen MR) is 149 cm³/mol. The van der Waals surface area contributed by atoms with Gasteiger partial charge in [-0.15, -0.1) is 0 Å². The standard InChI is InChI=1S/C29H39N5O5/c1-19(2)18-29(22-10-6-5-7-11-22)26(36)34(27(30)33-29)16-8-9-20(3)31-25(35)24(32-28(37)38)17-21-12-14-23(39-4)15-13-21/h5-7,10-15,19-20,24,32H,8-9,16-18H2,1-4H3,(H2,30,33)(H,31,35)(H,37,38). The fraction of sp³-hybridized carbons (Fsp3) is 0.448. The average molecular weight is 538 g/mol. The molecule has 0 saturated heterocycles. The highest BCUT2D eigenvalue weighted by Gasteiger charge is 2.49. The Labute approximate surface area is 229 Å². The van der Waals surface area contributed by atoms with Crippen molar-refractivity contribution in [2.24, 2.45) is 16.6 Å². The molecule has 3 unspecified atom stereocenters. The van der Waals surface area contributed by atoms with Crippen LogP contribution >= 0.6 is 0 Å². The van der Waals surface area contributed by atoms with Crippen molar-refractivity contribution in [3.05, 3.63) is 65.7 Å². The van der Waals surface area contributed by atoms with Crippen LogP contribution in [0.25, 0.3) is 0 Å². The van der Waals surface area contributed by atoms with E-state index < -0.39 is 23.6 Å². The highest BCUT2D eigenvalue weighted by molar-refractivity contribution is 6.07. The number of aliphatic imine (C=N–C) groups is 1. The Hall–Kier alpha value is -4.08. The van der Waals surface area contributed by atoms with E-state index in [0.29, 0.717) is 31.6 Å². The lowest BCUT2D eigenvalue weighted by Crippen LogP contribution is -2.50. The molecule has 0 aromatic heterocycles. The summed E-state index contributed by atoms with van der Waals surface area (Å²) < 4.78 is 5.15. The van der Waals surface area contributed by atoms with Crippen LogP contribution in [-0.4, -0.2) is 59.6 Å². The first-order valence-electron chi connectivity index (χ1n) is 13.2. The number of methoxy groups -OCH3 is 1. The molecule has 0 fully saturated rings.